The third kappa shape index (κ3) is 4.93. The maximum Gasteiger partial charge on any atom is 0.0408 e. The van der Waals surface area contributed by atoms with Crippen LogP contribution >= 0.6 is 22.9 Å². The van der Waals surface area contributed by atoms with Crippen molar-refractivity contribution in [2.45, 2.75) is 38.6 Å². The van der Waals surface area contributed by atoms with Crippen LogP contribution in [0.15, 0.2) is 41.8 Å². The Labute approximate surface area is 131 Å². The lowest BCUT2D eigenvalue weighted by Crippen LogP contribution is -2.28. The summed E-state index contributed by atoms with van der Waals surface area (Å²) in [5, 5.41) is 6.53. The van der Waals surface area contributed by atoms with Crippen molar-refractivity contribution in [2.75, 3.05) is 6.54 Å². The first kappa shape index (κ1) is 15.6. The molecule has 1 N–H and O–H groups in total. The topological polar surface area (TPSA) is 12.0 Å². The van der Waals surface area contributed by atoms with E-state index < -0.39 is 0 Å². The van der Waals surface area contributed by atoms with Gasteiger partial charge in [-0.1, -0.05) is 43.6 Å². The van der Waals surface area contributed by atoms with Crippen molar-refractivity contribution >= 4 is 22.9 Å². The molecule has 1 aromatic carbocycles. The number of halogens is 1. The lowest BCUT2D eigenvalue weighted by Gasteiger charge is -2.20. The second-order valence-electron chi connectivity index (χ2n) is 5.43. The standard InChI is InChI=1S/C17H22ClNS/c1-13(2)19-12-15(8-9-17-7-4-10-20-17)14-5-3-6-16(18)11-14/h3-7,10-11,13,15,19H,8-9,12H2,1-2H3. The normalized spacial score (nSPS) is 12.8. The minimum atomic E-state index is 0.512. The monoisotopic (exact) mass is 307 g/mol. The molecule has 1 atom stereocenters. The Morgan fingerprint density at radius 2 is 2.05 bits per heavy atom. The van der Waals surface area contributed by atoms with Crippen LogP contribution in [0.25, 0.3) is 0 Å². The molecule has 0 aliphatic rings. The summed E-state index contributed by atoms with van der Waals surface area (Å²) in [5.41, 5.74) is 1.34. The van der Waals surface area contributed by atoms with Gasteiger partial charge in [0.05, 0.1) is 0 Å². The molecular formula is C17H22ClNS. The average Bonchev–Trinajstić information content (AvgIpc) is 2.91. The predicted molar refractivity (Wildman–Crippen MR) is 90.0 cm³/mol. The lowest BCUT2D eigenvalue weighted by molar-refractivity contribution is 0.509. The molecule has 0 saturated carbocycles. The zero-order chi connectivity index (χ0) is 14.4. The van der Waals surface area contributed by atoms with E-state index in [-0.39, 0.29) is 0 Å². The Morgan fingerprint density at radius 3 is 2.70 bits per heavy atom. The molecular weight excluding hydrogens is 286 g/mol. The van der Waals surface area contributed by atoms with Crippen molar-refractivity contribution in [3.8, 4) is 0 Å². The Kier molecular flexibility index (Phi) is 6.08. The fourth-order valence-electron chi connectivity index (χ4n) is 2.30. The van der Waals surface area contributed by atoms with Crippen LogP contribution in [0.1, 0.15) is 36.6 Å². The molecule has 2 rings (SSSR count). The summed E-state index contributed by atoms with van der Waals surface area (Å²) in [4.78, 5) is 1.46. The zero-order valence-corrected chi connectivity index (χ0v) is 13.7. The minimum absolute atomic E-state index is 0.512. The van der Waals surface area contributed by atoms with Crippen molar-refractivity contribution in [3.63, 3.8) is 0 Å². The lowest BCUT2D eigenvalue weighted by atomic mass is 9.93. The SMILES string of the molecule is CC(C)NCC(CCc1cccs1)c1cccc(Cl)c1. The highest BCUT2D eigenvalue weighted by atomic mass is 35.5. The van der Waals surface area contributed by atoms with Crippen molar-refractivity contribution in [1.29, 1.82) is 0 Å². The first-order valence-electron chi connectivity index (χ1n) is 7.16. The Bertz CT molecular complexity index is 507. The van der Waals surface area contributed by atoms with Crippen LogP contribution in [-0.2, 0) is 6.42 Å². The highest BCUT2D eigenvalue weighted by molar-refractivity contribution is 7.09. The molecule has 1 heterocycles. The van der Waals surface area contributed by atoms with Crippen molar-refractivity contribution in [3.05, 3.63) is 57.2 Å². The molecule has 0 aliphatic heterocycles. The Hall–Kier alpha value is -0.830. The number of rotatable bonds is 7. The van der Waals surface area contributed by atoms with E-state index in [0.29, 0.717) is 12.0 Å². The smallest absolute Gasteiger partial charge is 0.0408 e. The van der Waals surface area contributed by atoms with E-state index in [1.807, 2.05) is 23.5 Å². The van der Waals surface area contributed by atoms with Gasteiger partial charge < -0.3 is 5.32 Å². The summed E-state index contributed by atoms with van der Waals surface area (Å²) < 4.78 is 0. The molecule has 0 aliphatic carbocycles. The van der Waals surface area contributed by atoms with E-state index in [9.17, 15) is 0 Å². The number of hydrogen-bond donors (Lipinski definition) is 1. The van der Waals surface area contributed by atoms with Crippen LogP contribution in [0.2, 0.25) is 5.02 Å². The maximum absolute atomic E-state index is 6.13. The number of aryl methyl sites for hydroxylation is 1. The van der Waals surface area contributed by atoms with Crippen LogP contribution in [0.5, 0.6) is 0 Å². The largest absolute Gasteiger partial charge is 0.314 e. The van der Waals surface area contributed by atoms with Gasteiger partial charge in [-0.25, -0.2) is 0 Å². The number of hydrogen-bond acceptors (Lipinski definition) is 2. The minimum Gasteiger partial charge on any atom is -0.314 e. The molecule has 0 radical (unpaired) electrons. The average molecular weight is 308 g/mol. The van der Waals surface area contributed by atoms with Gasteiger partial charge in [0.2, 0.25) is 0 Å². The Morgan fingerprint density at radius 1 is 1.20 bits per heavy atom. The fourth-order valence-corrected chi connectivity index (χ4v) is 3.22. The van der Waals surface area contributed by atoms with Crippen LogP contribution in [-0.4, -0.2) is 12.6 Å². The van der Waals surface area contributed by atoms with Crippen molar-refractivity contribution < 1.29 is 0 Å². The molecule has 1 unspecified atom stereocenters. The van der Waals surface area contributed by atoms with Gasteiger partial charge in [-0.3, -0.25) is 0 Å². The number of nitrogens with one attached hydrogen (secondary N) is 1. The summed E-state index contributed by atoms with van der Waals surface area (Å²) in [6.45, 7) is 5.38. The van der Waals surface area contributed by atoms with Crippen LogP contribution in [0.3, 0.4) is 0 Å². The summed E-state index contributed by atoms with van der Waals surface area (Å²) in [6, 6.07) is 13.1. The third-order valence-electron chi connectivity index (χ3n) is 3.41. The van der Waals surface area contributed by atoms with Crippen LogP contribution in [0, 0.1) is 0 Å². The van der Waals surface area contributed by atoms with E-state index in [0.717, 1.165) is 24.4 Å². The first-order chi connectivity index (χ1) is 9.65. The molecule has 0 saturated heterocycles. The third-order valence-corrected chi connectivity index (χ3v) is 4.58. The second-order valence-corrected chi connectivity index (χ2v) is 6.90. The fraction of sp³-hybridized carbons (Fsp3) is 0.412. The van der Waals surface area contributed by atoms with Gasteiger partial charge in [-0.15, -0.1) is 11.3 Å². The van der Waals surface area contributed by atoms with Gasteiger partial charge in [-0.2, -0.15) is 0 Å². The molecule has 1 aromatic heterocycles. The van der Waals surface area contributed by atoms with E-state index in [1.165, 1.54) is 10.4 Å². The molecule has 108 valence electrons. The quantitative estimate of drug-likeness (QED) is 0.749. The molecule has 2 aromatic rings. The van der Waals surface area contributed by atoms with Gasteiger partial charge >= 0.3 is 0 Å². The second kappa shape index (κ2) is 7.82. The predicted octanol–water partition coefficient (Wildman–Crippen LogP) is 5.12. The number of benzene rings is 1. The van der Waals surface area contributed by atoms with Gasteiger partial charge in [0.25, 0.3) is 0 Å². The molecule has 0 amide bonds. The zero-order valence-electron chi connectivity index (χ0n) is 12.1. The summed E-state index contributed by atoms with van der Waals surface area (Å²) in [7, 11) is 0. The maximum atomic E-state index is 6.13. The molecule has 1 nitrogen and oxygen atoms in total. The molecule has 20 heavy (non-hydrogen) atoms. The molecule has 0 bridgehead atoms. The van der Waals surface area contributed by atoms with E-state index >= 15 is 0 Å². The van der Waals surface area contributed by atoms with Crippen molar-refractivity contribution in [1.82, 2.24) is 5.32 Å². The van der Waals surface area contributed by atoms with E-state index in [2.05, 4.69) is 48.8 Å². The highest BCUT2D eigenvalue weighted by Crippen LogP contribution is 2.25. The summed E-state index contributed by atoms with van der Waals surface area (Å²) in [6.07, 6.45) is 2.29. The van der Waals surface area contributed by atoms with Gasteiger partial charge in [0.15, 0.2) is 0 Å². The van der Waals surface area contributed by atoms with Gasteiger partial charge in [0, 0.05) is 22.5 Å². The van der Waals surface area contributed by atoms with Crippen LogP contribution < -0.4 is 5.32 Å². The van der Waals surface area contributed by atoms with Gasteiger partial charge in [0.1, 0.15) is 0 Å². The van der Waals surface area contributed by atoms with Gasteiger partial charge in [-0.05, 0) is 47.9 Å². The summed E-state index contributed by atoms with van der Waals surface area (Å²) >= 11 is 7.97. The van der Waals surface area contributed by atoms with Crippen molar-refractivity contribution in [2.24, 2.45) is 0 Å². The molecule has 0 spiro atoms. The van der Waals surface area contributed by atoms with E-state index in [4.69, 9.17) is 11.6 Å². The Balaban J connectivity index is 2.03. The number of thiophene rings is 1. The summed E-state index contributed by atoms with van der Waals surface area (Å²) in [5.74, 6) is 0.512. The van der Waals surface area contributed by atoms with E-state index in [1.54, 1.807) is 0 Å². The molecule has 3 heteroatoms. The highest BCUT2D eigenvalue weighted by Gasteiger charge is 2.13. The van der Waals surface area contributed by atoms with Crippen LogP contribution in [0.4, 0.5) is 0 Å². The first-order valence-corrected chi connectivity index (χ1v) is 8.42. The molecule has 0 fully saturated rings.